The van der Waals surface area contributed by atoms with Crippen molar-refractivity contribution in [2.45, 2.75) is 6.61 Å². The first-order chi connectivity index (χ1) is 13.1. The summed E-state index contributed by atoms with van der Waals surface area (Å²) >= 11 is 5.97. The normalized spacial score (nSPS) is 10.7. The first-order valence-electron chi connectivity index (χ1n) is 8.17. The van der Waals surface area contributed by atoms with Crippen LogP contribution in [-0.4, -0.2) is 12.1 Å². The molecule has 3 aromatic carbocycles. The Morgan fingerprint density at radius 2 is 1.74 bits per heavy atom. The molecular formula is C21H16ClFN2O2. The Balaban J connectivity index is 1.52. The van der Waals surface area contributed by atoms with Crippen molar-refractivity contribution in [3.63, 3.8) is 0 Å². The summed E-state index contributed by atoms with van der Waals surface area (Å²) in [5.74, 6) is 0.0247. The first kappa shape index (κ1) is 18.6. The van der Waals surface area contributed by atoms with E-state index in [9.17, 15) is 9.18 Å². The molecule has 0 aliphatic carbocycles. The lowest BCUT2D eigenvalue weighted by atomic mass is 10.2. The van der Waals surface area contributed by atoms with Crippen molar-refractivity contribution in [2.75, 3.05) is 0 Å². The monoisotopic (exact) mass is 382 g/mol. The van der Waals surface area contributed by atoms with Gasteiger partial charge in [0, 0.05) is 0 Å². The second-order valence-electron chi connectivity index (χ2n) is 5.66. The average molecular weight is 383 g/mol. The van der Waals surface area contributed by atoms with Crippen LogP contribution < -0.4 is 10.2 Å². The molecular weight excluding hydrogens is 367 g/mol. The number of amides is 1. The topological polar surface area (TPSA) is 50.7 Å². The zero-order chi connectivity index (χ0) is 19.1. The van der Waals surface area contributed by atoms with E-state index in [-0.39, 0.29) is 11.7 Å². The van der Waals surface area contributed by atoms with Crippen molar-refractivity contribution in [1.29, 1.82) is 0 Å². The van der Waals surface area contributed by atoms with E-state index in [2.05, 4.69) is 10.5 Å². The van der Waals surface area contributed by atoms with Crippen LogP contribution in [0.25, 0.3) is 0 Å². The number of halogens is 2. The van der Waals surface area contributed by atoms with Gasteiger partial charge in [-0.25, -0.2) is 9.82 Å². The molecule has 0 bridgehead atoms. The molecule has 3 aromatic rings. The molecule has 1 amide bonds. The third kappa shape index (κ3) is 5.39. The van der Waals surface area contributed by atoms with Gasteiger partial charge in [-0.1, -0.05) is 35.9 Å². The van der Waals surface area contributed by atoms with Crippen LogP contribution in [0.2, 0.25) is 5.02 Å². The highest BCUT2D eigenvalue weighted by Crippen LogP contribution is 2.15. The molecule has 0 spiro atoms. The van der Waals surface area contributed by atoms with Gasteiger partial charge in [0.2, 0.25) is 0 Å². The van der Waals surface area contributed by atoms with E-state index in [1.807, 2.05) is 12.1 Å². The number of ether oxygens (including phenoxy) is 1. The van der Waals surface area contributed by atoms with Crippen molar-refractivity contribution in [3.8, 4) is 5.75 Å². The number of nitrogens with zero attached hydrogens (tertiary/aromatic N) is 1. The Morgan fingerprint density at radius 3 is 2.44 bits per heavy atom. The van der Waals surface area contributed by atoms with E-state index in [1.54, 1.807) is 48.5 Å². The van der Waals surface area contributed by atoms with E-state index >= 15 is 0 Å². The minimum absolute atomic E-state index is 0.274. The summed E-state index contributed by atoms with van der Waals surface area (Å²) in [6.07, 6.45) is 1.53. The number of hydrogen-bond donors (Lipinski definition) is 1. The van der Waals surface area contributed by atoms with Crippen LogP contribution in [0.15, 0.2) is 77.9 Å². The van der Waals surface area contributed by atoms with Gasteiger partial charge in [-0.05, 0) is 59.7 Å². The van der Waals surface area contributed by atoms with Gasteiger partial charge in [0.25, 0.3) is 5.91 Å². The lowest BCUT2D eigenvalue weighted by Crippen LogP contribution is -2.17. The van der Waals surface area contributed by atoms with E-state index in [4.69, 9.17) is 16.3 Å². The third-order valence-electron chi connectivity index (χ3n) is 3.70. The van der Waals surface area contributed by atoms with Crippen LogP contribution in [-0.2, 0) is 6.61 Å². The van der Waals surface area contributed by atoms with Crippen molar-refractivity contribution in [1.82, 2.24) is 5.43 Å². The molecule has 0 saturated carbocycles. The second-order valence-corrected chi connectivity index (χ2v) is 6.07. The molecule has 0 aromatic heterocycles. The highest BCUT2D eigenvalue weighted by Gasteiger charge is 2.07. The molecule has 136 valence electrons. The fraction of sp³-hybridized carbons (Fsp3) is 0.0476. The molecule has 0 heterocycles. The van der Waals surface area contributed by atoms with Gasteiger partial charge < -0.3 is 4.74 Å². The number of hydrogen-bond acceptors (Lipinski definition) is 3. The summed E-state index contributed by atoms with van der Waals surface area (Å²) in [5, 5.41) is 4.30. The average Bonchev–Trinajstić information content (AvgIpc) is 2.69. The molecule has 1 N–H and O–H groups in total. The first-order valence-corrected chi connectivity index (χ1v) is 8.55. The van der Waals surface area contributed by atoms with Crippen molar-refractivity contribution >= 4 is 23.7 Å². The lowest BCUT2D eigenvalue weighted by Gasteiger charge is -2.06. The smallest absolute Gasteiger partial charge is 0.272 e. The van der Waals surface area contributed by atoms with Crippen LogP contribution >= 0.6 is 11.6 Å². The molecule has 0 atom stereocenters. The van der Waals surface area contributed by atoms with Gasteiger partial charge in [0.1, 0.15) is 18.2 Å². The van der Waals surface area contributed by atoms with Crippen LogP contribution in [0.4, 0.5) is 4.39 Å². The summed E-state index contributed by atoms with van der Waals surface area (Å²) in [6, 6.07) is 20.1. The number of carbonyl (C=O) groups excluding carboxylic acids is 1. The number of rotatable bonds is 6. The standard InChI is InChI=1S/C21H16ClFN2O2/c22-20-4-2-1-3-19(20)21(26)25-24-13-15-7-11-18(12-8-15)27-14-16-5-9-17(23)10-6-16/h1-13H,14H2,(H,25,26)/b24-13-. The molecule has 0 fully saturated rings. The molecule has 3 rings (SSSR count). The Kier molecular flexibility index (Phi) is 6.18. The number of nitrogens with one attached hydrogen (secondary N) is 1. The maximum absolute atomic E-state index is 12.9. The minimum Gasteiger partial charge on any atom is -0.489 e. The Labute approximate surface area is 161 Å². The van der Waals surface area contributed by atoms with Crippen LogP contribution in [0, 0.1) is 5.82 Å². The molecule has 0 aliphatic heterocycles. The fourth-order valence-electron chi connectivity index (χ4n) is 2.27. The van der Waals surface area contributed by atoms with Crippen molar-refractivity contribution < 1.29 is 13.9 Å². The van der Waals surface area contributed by atoms with Gasteiger partial charge in [0.15, 0.2) is 0 Å². The lowest BCUT2D eigenvalue weighted by molar-refractivity contribution is 0.0955. The predicted molar refractivity (Wildman–Crippen MR) is 104 cm³/mol. The maximum atomic E-state index is 12.9. The summed E-state index contributed by atoms with van der Waals surface area (Å²) in [6.45, 7) is 0.349. The SMILES string of the molecule is O=C(N/N=C\c1ccc(OCc2ccc(F)cc2)cc1)c1ccccc1Cl. The molecule has 0 saturated heterocycles. The van der Waals surface area contributed by atoms with Crippen LogP contribution in [0.1, 0.15) is 21.5 Å². The van der Waals surface area contributed by atoms with E-state index in [1.165, 1.54) is 18.3 Å². The largest absolute Gasteiger partial charge is 0.489 e. The Bertz CT molecular complexity index is 941. The molecule has 0 radical (unpaired) electrons. The molecule has 0 unspecified atom stereocenters. The molecule has 6 heteroatoms. The summed E-state index contributed by atoms with van der Waals surface area (Å²) in [5.41, 5.74) is 4.47. The minimum atomic E-state index is -0.379. The predicted octanol–water partition coefficient (Wildman–Crippen LogP) is 4.82. The van der Waals surface area contributed by atoms with E-state index in [0.717, 1.165) is 11.1 Å². The van der Waals surface area contributed by atoms with Gasteiger partial charge in [-0.3, -0.25) is 4.79 Å². The maximum Gasteiger partial charge on any atom is 0.272 e. The zero-order valence-electron chi connectivity index (χ0n) is 14.2. The highest BCUT2D eigenvalue weighted by atomic mass is 35.5. The summed E-state index contributed by atoms with van der Waals surface area (Å²) in [7, 11) is 0. The van der Waals surface area contributed by atoms with Crippen molar-refractivity contribution in [3.05, 3.63) is 100 Å². The second kappa shape index (κ2) is 8.96. The van der Waals surface area contributed by atoms with E-state index in [0.29, 0.717) is 22.9 Å². The van der Waals surface area contributed by atoms with Gasteiger partial charge in [-0.2, -0.15) is 5.10 Å². The number of carbonyl (C=O) groups is 1. The summed E-state index contributed by atoms with van der Waals surface area (Å²) < 4.78 is 18.5. The molecule has 27 heavy (non-hydrogen) atoms. The fourth-order valence-corrected chi connectivity index (χ4v) is 2.49. The molecule has 4 nitrogen and oxygen atoms in total. The zero-order valence-corrected chi connectivity index (χ0v) is 15.0. The third-order valence-corrected chi connectivity index (χ3v) is 4.03. The van der Waals surface area contributed by atoms with Crippen LogP contribution in [0.3, 0.4) is 0 Å². The van der Waals surface area contributed by atoms with Gasteiger partial charge >= 0.3 is 0 Å². The quantitative estimate of drug-likeness (QED) is 0.490. The molecule has 0 aliphatic rings. The van der Waals surface area contributed by atoms with E-state index < -0.39 is 0 Å². The Hall–Kier alpha value is -3.18. The Morgan fingerprint density at radius 1 is 1.04 bits per heavy atom. The number of hydrazone groups is 1. The van der Waals surface area contributed by atoms with Gasteiger partial charge in [0.05, 0.1) is 16.8 Å². The summed E-state index contributed by atoms with van der Waals surface area (Å²) in [4.78, 5) is 12.0. The highest BCUT2D eigenvalue weighted by molar-refractivity contribution is 6.33. The van der Waals surface area contributed by atoms with Crippen LogP contribution in [0.5, 0.6) is 5.75 Å². The van der Waals surface area contributed by atoms with Gasteiger partial charge in [-0.15, -0.1) is 0 Å². The van der Waals surface area contributed by atoms with Crippen molar-refractivity contribution in [2.24, 2.45) is 5.10 Å². The number of benzene rings is 3.